The van der Waals surface area contributed by atoms with Crippen LogP contribution in [0, 0.1) is 0 Å². The number of aromatic nitrogens is 1. The topological polar surface area (TPSA) is 59.4 Å². The first kappa shape index (κ1) is 18.2. The van der Waals surface area contributed by atoms with Gasteiger partial charge >= 0.3 is 5.97 Å². The van der Waals surface area contributed by atoms with Crippen LogP contribution in [0.1, 0.15) is 42.7 Å². The van der Waals surface area contributed by atoms with E-state index < -0.39 is 5.97 Å². The third-order valence-electron chi connectivity index (χ3n) is 4.17. The van der Waals surface area contributed by atoms with Gasteiger partial charge in [0.15, 0.2) is 0 Å². The molecular weight excluding hydrogens is 350 g/mol. The lowest BCUT2D eigenvalue weighted by atomic mass is 9.91. The van der Waals surface area contributed by atoms with Crippen molar-refractivity contribution in [1.82, 2.24) is 4.98 Å². The standard InChI is InChI=1S/C21H20ClNO3/c1-4-26-15-7-5-6-13(10-15)18-16-11-14(22)8-9-17(16)23-20(12(2)3)19(18)21(24)25/h5-12H,4H2,1-3H3,(H,24,25). The van der Waals surface area contributed by atoms with Crippen LogP contribution in [0.25, 0.3) is 22.0 Å². The summed E-state index contributed by atoms with van der Waals surface area (Å²) in [5, 5.41) is 11.2. The predicted molar refractivity (Wildman–Crippen MR) is 104 cm³/mol. The van der Waals surface area contributed by atoms with E-state index >= 15 is 0 Å². The summed E-state index contributed by atoms with van der Waals surface area (Å²) in [6.45, 7) is 6.33. The van der Waals surface area contributed by atoms with E-state index in [9.17, 15) is 9.90 Å². The highest BCUT2D eigenvalue weighted by Crippen LogP contribution is 2.37. The van der Waals surface area contributed by atoms with Crippen LogP contribution in [0.4, 0.5) is 0 Å². The molecule has 3 aromatic rings. The van der Waals surface area contributed by atoms with Crippen molar-refractivity contribution >= 4 is 28.5 Å². The SMILES string of the molecule is CCOc1cccc(-c2c(C(=O)O)c(C(C)C)nc3ccc(Cl)cc23)c1. The molecule has 0 saturated heterocycles. The lowest BCUT2D eigenvalue weighted by Crippen LogP contribution is -2.10. The molecule has 1 aromatic heterocycles. The van der Waals surface area contributed by atoms with Crippen LogP contribution < -0.4 is 4.74 Å². The molecule has 0 aliphatic carbocycles. The van der Waals surface area contributed by atoms with Crippen molar-refractivity contribution in [1.29, 1.82) is 0 Å². The molecule has 5 heteroatoms. The minimum atomic E-state index is -1.00. The molecule has 0 bridgehead atoms. The number of ether oxygens (including phenoxy) is 1. The summed E-state index contributed by atoms with van der Waals surface area (Å²) in [4.78, 5) is 16.8. The lowest BCUT2D eigenvalue weighted by Gasteiger charge is -2.17. The monoisotopic (exact) mass is 369 g/mol. The van der Waals surface area contributed by atoms with E-state index in [0.29, 0.717) is 34.0 Å². The van der Waals surface area contributed by atoms with E-state index in [-0.39, 0.29) is 11.5 Å². The fourth-order valence-electron chi connectivity index (χ4n) is 3.10. The average molecular weight is 370 g/mol. The Bertz CT molecular complexity index is 982. The molecule has 0 spiro atoms. The fraction of sp³-hybridized carbons (Fsp3) is 0.238. The van der Waals surface area contributed by atoms with Crippen molar-refractivity contribution in [3.63, 3.8) is 0 Å². The smallest absolute Gasteiger partial charge is 0.338 e. The molecule has 0 aliphatic rings. The van der Waals surface area contributed by atoms with Gasteiger partial charge < -0.3 is 9.84 Å². The molecule has 0 unspecified atom stereocenters. The molecule has 0 fully saturated rings. The number of pyridine rings is 1. The minimum Gasteiger partial charge on any atom is -0.494 e. The Kier molecular flexibility index (Phi) is 5.14. The molecule has 4 nitrogen and oxygen atoms in total. The zero-order valence-electron chi connectivity index (χ0n) is 14.9. The Morgan fingerprint density at radius 2 is 2.00 bits per heavy atom. The van der Waals surface area contributed by atoms with Crippen LogP contribution in [0.3, 0.4) is 0 Å². The summed E-state index contributed by atoms with van der Waals surface area (Å²) >= 11 is 6.19. The zero-order chi connectivity index (χ0) is 18.8. The Morgan fingerprint density at radius 1 is 1.23 bits per heavy atom. The summed E-state index contributed by atoms with van der Waals surface area (Å²) in [5.74, 6) is -0.339. The minimum absolute atomic E-state index is 0.0324. The Labute approximate surface area is 157 Å². The second kappa shape index (κ2) is 7.34. The van der Waals surface area contributed by atoms with Gasteiger partial charge in [0.2, 0.25) is 0 Å². The number of hydrogen-bond acceptors (Lipinski definition) is 3. The molecule has 0 atom stereocenters. The largest absolute Gasteiger partial charge is 0.494 e. The number of carboxylic acid groups (broad SMARTS) is 1. The molecule has 0 aliphatic heterocycles. The normalized spacial score (nSPS) is 11.1. The lowest BCUT2D eigenvalue weighted by molar-refractivity contribution is 0.0695. The van der Waals surface area contributed by atoms with Crippen LogP contribution in [0.2, 0.25) is 5.02 Å². The molecule has 26 heavy (non-hydrogen) atoms. The molecule has 0 amide bonds. The molecule has 0 saturated carbocycles. The van der Waals surface area contributed by atoms with Gasteiger partial charge in [0.1, 0.15) is 5.75 Å². The number of fused-ring (bicyclic) bond motifs is 1. The van der Waals surface area contributed by atoms with Crippen molar-refractivity contribution in [3.8, 4) is 16.9 Å². The number of benzene rings is 2. The first-order valence-electron chi connectivity index (χ1n) is 8.52. The number of rotatable bonds is 5. The summed E-state index contributed by atoms with van der Waals surface area (Å²) in [5.41, 5.74) is 2.88. The molecule has 134 valence electrons. The first-order valence-corrected chi connectivity index (χ1v) is 8.89. The zero-order valence-corrected chi connectivity index (χ0v) is 15.7. The molecule has 1 heterocycles. The van der Waals surface area contributed by atoms with Crippen LogP contribution in [0.5, 0.6) is 5.75 Å². The van der Waals surface area contributed by atoms with E-state index in [2.05, 4.69) is 4.98 Å². The van der Waals surface area contributed by atoms with E-state index in [4.69, 9.17) is 16.3 Å². The molecule has 0 radical (unpaired) electrons. The fourth-order valence-corrected chi connectivity index (χ4v) is 3.27. The number of carbonyl (C=O) groups is 1. The average Bonchev–Trinajstić information content (AvgIpc) is 2.60. The van der Waals surface area contributed by atoms with E-state index in [1.807, 2.05) is 51.1 Å². The number of aromatic carboxylic acids is 1. The summed E-state index contributed by atoms with van der Waals surface area (Å²) < 4.78 is 5.59. The van der Waals surface area contributed by atoms with Gasteiger partial charge in [0.05, 0.1) is 23.4 Å². The van der Waals surface area contributed by atoms with E-state index in [1.54, 1.807) is 12.1 Å². The second-order valence-electron chi connectivity index (χ2n) is 6.33. The molecular formula is C21H20ClNO3. The van der Waals surface area contributed by atoms with Crippen molar-refractivity contribution in [2.45, 2.75) is 26.7 Å². The Morgan fingerprint density at radius 3 is 2.65 bits per heavy atom. The van der Waals surface area contributed by atoms with Gasteiger partial charge in [-0.25, -0.2) is 4.79 Å². The maximum atomic E-state index is 12.2. The van der Waals surface area contributed by atoms with Crippen LogP contribution >= 0.6 is 11.6 Å². The third kappa shape index (κ3) is 3.37. The highest BCUT2D eigenvalue weighted by Gasteiger charge is 2.23. The van der Waals surface area contributed by atoms with Crippen molar-refractivity contribution in [2.75, 3.05) is 6.61 Å². The van der Waals surface area contributed by atoms with Gasteiger partial charge in [-0.3, -0.25) is 4.98 Å². The van der Waals surface area contributed by atoms with Crippen molar-refractivity contribution in [3.05, 3.63) is 58.7 Å². The predicted octanol–water partition coefficient (Wildman–Crippen LogP) is 5.78. The van der Waals surface area contributed by atoms with Gasteiger partial charge in [-0.15, -0.1) is 0 Å². The van der Waals surface area contributed by atoms with E-state index in [1.165, 1.54) is 0 Å². The number of hydrogen-bond donors (Lipinski definition) is 1. The molecule has 1 N–H and O–H groups in total. The third-order valence-corrected chi connectivity index (χ3v) is 4.40. The van der Waals surface area contributed by atoms with Gasteiger partial charge in [-0.1, -0.05) is 37.6 Å². The second-order valence-corrected chi connectivity index (χ2v) is 6.77. The quantitative estimate of drug-likeness (QED) is 0.619. The Balaban J connectivity index is 2.44. The van der Waals surface area contributed by atoms with Gasteiger partial charge in [-0.2, -0.15) is 0 Å². The maximum Gasteiger partial charge on any atom is 0.338 e. The van der Waals surface area contributed by atoms with Gasteiger partial charge in [0, 0.05) is 16.0 Å². The highest BCUT2D eigenvalue weighted by molar-refractivity contribution is 6.31. The summed E-state index contributed by atoms with van der Waals surface area (Å²) in [6, 6.07) is 12.8. The molecule has 3 rings (SSSR count). The van der Waals surface area contributed by atoms with E-state index in [0.717, 1.165) is 11.1 Å². The van der Waals surface area contributed by atoms with Crippen molar-refractivity contribution < 1.29 is 14.6 Å². The van der Waals surface area contributed by atoms with Gasteiger partial charge in [-0.05, 0) is 48.7 Å². The Hall–Kier alpha value is -2.59. The maximum absolute atomic E-state index is 12.2. The van der Waals surface area contributed by atoms with Crippen molar-refractivity contribution in [2.24, 2.45) is 0 Å². The summed E-state index contributed by atoms with van der Waals surface area (Å²) in [7, 11) is 0. The highest BCUT2D eigenvalue weighted by atomic mass is 35.5. The van der Waals surface area contributed by atoms with Crippen LogP contribution in [0.15, 0.2) is 42.5 Å². The number of carboxylic acids is 1. The number of halogens is 1. The molecule has 2 aromatic carbocycles. The van der Waals surface area contributed by atoms with Crippen LogP contribution in [-0.4, -0.2) is 22.7 Å². The number of nitrogens with zero attached hydrogens (tertiary/aromatic N) is 1. The summed E-state index contributed by atoms with van der Waals surface area (Å²) in [6.07, 6.45) is 0. The first-order chi connectivity index (χ1) is 12.4. The van der Waals surface area contributed by atoms with Gasteiger partial charge in [0.25, 0.3) is 0 Å². The van der Waals surface area contributed by atoms with Crippen LogP contribution in [-0.2, 0) is 0 Å².